The summed E-state index contributed by atoms with van der Waals surface area (Å²) >= 11 is 1.46. The fraction of sp³-hybridized carbons (Fsp3) is 0.388. The molecule has 1 aliphatic rings. The maximum absolute atomic E-state index is 3.90. The first-order valence-electron chi connectivity index (χ1n) is 18.2. The minimum atomic E-state index is 0. The minimum absolute atomic E-state index is 0. The third kappa shape index (κ3) is 15.0. The predicted octanol–water partition coefficient (Wildman–Crippen LogP) is 1.09. The SMILES string of the molecule is CC(C)(C)c1[c-]c2c(cc1C(C)(C)C)-c1cc(C(C)(C)C)c(C(C)(C)C)cc1C2.Cc1ccc([C](=[Zr+2])c2ccc(C)cc2)cc1.[Cl-].[Cl-].[Cl-].[Cl-].[Zr+4].c1cc[cH-]c1. The Hall–Kier alpha value is -0.974. The van der Waals surface area contributed by atoms with Crippen molar-refractivity contribution in [2.24, 2.45) is 0 Å². The van der Waals surface area contributed by atoms with Gasteiger partial charge in [0.05, 0.1) is 0 Å². The van der Waals surface area contributed by atoms with Gasteiger partial charge in [0, 0.05) is 0 Å². The molecule has 292 valence electrons. The number of aryl methyl sites for hydroxylation is 2. The summed E-state index contributed by atoms with van der Waals surface area (Å²) in [5, 5.41) is 0. The van der Waals surface area contributed by atoms with Crippen molar-refractivity contribution >= 4 is 3.21 Å². The van der Waals surface area contributed by atoms with Crippen LogP contribution in [0.5, 0.6) is 0 Å². The molecular weight excluding hydrogens is 913 g/mol. The van der Waals surface area contributed by atoms with Gasteiger partial charge in [0.1, 0.15) is 0 Å². The van der Waals surface area contributed by atoms with Gasteiger partial charge in [0.15, 0.2) is 0 Å². The molecule has 0 aliphatic heterocycles. The molecule has 0 radical (unpaired) electrons. The quantitative estimate of drug-likeness (QED) is 0.229. The third-order valence-electron chi connectivity index (χ3n) is 9.47. The van der Waals surface area contributed by atoms with Crippen LogP contribution < -0.4 is 49.6 Å². The van der Waals surface area contributed by atoms with Crippen LogP contribution in [0.1, 0.15) is 139 Å². The van der Waals surface area contributed by atoms with E-state index in [-0.39, 0.29) is 97.5 Å². The Balaban J connectivity index is 0. The second-order valence-electron chi connectivity index (χ2n) is 18.3. The summed E-state index contributed by atoms with van der Waals surface area (Å²) in [5.41, 5.74) is 17.3. The fourth-order valence-corrected chi connectivity index (χ4v) is 7.37. The first-order chi connectivity index (χ1) is 23.1. The van der Waals surface area contributed by atoms with Crippen LogP contribution in [0.2, 0.25) is 0 Å². The molecule has 0 nitrogen and oxygen atoms in total. The normalized spacial score (nSPS) is 11.5. The van der Waals surface area contributed by atoms with Crippen LogP contribution in [0.15, 0.2) is 97.1 Å². The van der Waals surface area contributed by atoms with Gasteiger partial charge in [-0.2, -0.15) is 35.9 Å². The fourth-order valence-electron chi connectivity index (χ4n) is 6.55. The Morgan fingerprint density at radius 3 is 1.27 bits per heavy atom. The maximum Gasteiger partial charge on any atom is 4.00 e. The van der Waals surface area contributed by atoms with Crippen LogP contribution in [-0.4, -0.2) is 3.21 Å². The number of halogens is 4. The molecule has 0 spiro atoms. The minimum Gasteiger partial charge on any atom is -1.00 e. The second kappa shape index (κ2) is 22.4. The average Bonchev–Trinajstić information content (AvgIpc) is 3.71. The van der Waals surface area contributed by atoms with Crippen molar-refractivity contribution in [2.45, 2.75) is 125 Å². The average molecular weight is 973 g/mol. The van der Waals surface area contributed by atoms with Gasteiger partial charge in [-0.3, -0.25) is 0 Å². The Morgan fingerprint density at radius 2 is 0.927 bits per heavy atom. The molecule has 0 N–H and O–H groups in total. The molecule has 0 aromatic heterocycles. The summed E-state index contributed by atoms with van der Waals surface area (Å²) in [5.74, 6) is 0. The van der Waals surface area contributed by atoms with Crippen molar-refractivity contribution in [3.8, 4) is 11.1 Å². The summed E-state index contributed by atoms with van der Waals surface area (Å²) in [6.07, 6.45) is 1.01. The van der Waals surface area contributed by atoms with Gasteiger partial charge in [-0.25, -0.2) is 12.1 Å². The van der Waals surface area contributed by atoms with Gasteiger partial charge in [0.25, 0.3) is 0 Å². The molecule has 5 aromatic carbocycles. The van der Waals surface area contributed by atoms with E-state index in [0.717, 1.165) is 6.42 Å². The van der Waals surface area contributed by atoms with Gasteiger partial charge in [0.2, 0.25) is 0 Å². The van der Waals surface area contributed by atoms with Crippen molar-refractivity contribution in [3.05, 3.63) is 159 Å². The van der Waals surface area contributed by atoms with Gasteiger partial charge < -0.3 is 49.6 Å². The molecule has 0 unspecified atom stereocenters. The molecule has 5 aromatic rings. The number of benzene rings is 4. The predicted molar refractivity (Wildman–Crippen MR) is 216 cm³/mol. The van der Waals surface area contributed by atoms with Crippen molar-refractivity contribution in [3.63, 3.8) is 0 Å². The standard InChI is InChI=1S/C29H41.C15H14.C5H5.4ClH.2Zr/c1-26(2,3)22-14-18-13-19-15-23(27(4,5)6)25(29(10,11)12)17-21(19)20(18)16-24(22)28(7,8)9;1-12-3-7-14(8-4-12)11-15-9-5-13(2)6-10-15;1-2-4-5-3-1;;;;;;/h14,16-17H,13H2,1-12H3;3-10H,1-2H3;1-5H;4*1H;;/q-1;;-1;;;;;+2;+4/p-4. The molecule has 6 heteroatoms. The molecule has 55 heavy (non-hydrogen) atoms. The maximum atomic E-state index is 3.90. The molecule has 0 saturated carbocycles. The van der Waals surface area contributed by atoms with Gasteiger partial charge in [-0.15, -0.1) is 16.7 Å². The Bertz CT molecular complexity index is 1770. The molecule has 6 rings (SSSR count). The Morgan fingerprint density at radius 1 is 0.545 bits per heavy atom. The summed E-state index contributed by atoms with van der Waals surface area (Å²) in [7, 11) is 0. The van der Waals surface area contributed by atoms with E-state index in [4.69, 9.17) is 0 Å². The van der Waals surface area contributed by atoms with E-state index in [1.807, 2.05) is 30.3 Å². The molecule has 0 heterocycles. The molecule has 0 saturated heterocycles. The van der Waals surface area contributed by atoms with Crippen molar-refractivity contribution in [2.75, 3.05) is 0 Å². The summed E-state index contributed by atoms with van der Waals surface area (Å²) in [4.78, 5) is 0. The van der Waals surface area contributed by atoms with Crippen LogP contribution in [0.25, 0.3) is 11.1 Å². The van der Waals surface area contributed by atoms with E-state index < -0.39 is 0 Å². The number of rotatable bonds is 2. The van der Waals surface area contributed by atoms with Gasteiger partial charge in [-0.1, -0.05) is 106 Å². The number of hydrogen-bond donors (Lipinski definition) is 0. The monoisotopic (exact) mass is 968 g/mol. The van der Waals surface area contributed by atoms with Crippen molar-refractivity contribution in [1.82, 2.24) is 0 Å². The van der Waals surface area contributed by atoms with Gasteiger partial charge in [-0.05, 0) is 39.4 Å². The number of fused-ring (bicyclic) bond motifs is 3. The van der Waals surface area contributed by atoms with Crippen molar-refractivity contribution < 1.29 is 100 Å². The van der Waals surface area contributed by atoms with E-state index in [0.29, 0.717) is 0 Å². The molecule has 1 aliphatic carbocycles. The Kier molecular flexibility index (Phi) is 22.9. The smallest absolute Gasteiger partial charge is 1.00 e. The van der Waals surface area contributed by atoms with E-state index >= 15 is 0 Å². The first kappa shape index (κ1) is 56.1. The van der Waals surface area contributed by atoms with Gasteiger partial charge >= 0.3 is 138 Å². The van der Waals surface area contributed by atoms with E-state index in [1.54, 1.807) is 0 Å². The summed E-state index contributed by atoms with van der Waals surface area (Å²) in [6, 6.07) is 38.9. The zero-order valence-corrected chi connectivity index (χ0v) is 43.4. The Labute approximate surface area is 394 Å². The summed E-state index contributed by atoms with van der Waals surface area (Å²) in [6.45, 7) is 32.2. The molecule has 0 fully saturated rings. The largest absolute Gasteiger partial charge is 4.00 e. The molecular formula is C49H60Cl4Zr2. The van der Waals surface area contributed by atoms with Crippen LogP contribution >= 0.6 is 0 Å². The van der Waals surface area contributed by atoms with Crippen LogP contribution in [-0.2, 0) is 78.5 Å². The van der Waals surface area contributed by atoms with Crippen LogP contribution in [0.4, 0.5) is 0 Å². The van der Waals surface area contributed by atoms with Crippen LogP contribution in [0.3, 0.4) is 0 Å². The zero-order chi connectivity index (χ0) is 37.2. The summed E-state index contributed by atoms with van der Waals surface area (Å²) < 4.78 is 1.42. The molecule has 0 amide bonds. The zero-order valence-electron chi connectivity index (χ0n) is 35.5. The molecule has 0 bridgehead atoms. The number of hydrogen-bond acceptors (Lipinski definition) is 0. The van der Waals surface area contributed by atoms with E-state index in [2.05, 4.69) is 170 Å². The molecule has 0 atom stereocenters. The second-order valence-corrected chi connectivity index (χ2v) is 19.5. The van der Waals surface area contributed by atoms with E-state index in [1.165, 1.54) is 94.2 Å². The van der Waals surface area contributed by atoms with Crippen molar-refractivity contribution in [1.29, 1.82) is 0 Å². The first-order valence-corrected chi connectivity index (χ1v) is 19.5. The van der Waals surface area contributed by atoms with Crippen LogP contribution in [0, 0.1) is 19.9 Å². The van der Waals surface area contributed by atoms with E-state index in [9.17, 15) is 0 Å². The third-order valence-corrected chi connectivity index (χ3v) is 10.9. The topological polar surface area (TPSA) is 0 Å².